The Morgan fingerprint density at radius 2 is 1.97 bits per heavy atom. The Kier molecular flexibility index (Phi) is 6.52. The van der Waals surface area contributed by atoms with Gasteiger partial charge in [0.15, 0.2) is 11.5 Å². The average Bonchev–Trinajstić information content (AvgIpc) is 3.38. The zero-order chi connectivity index (χ0) is 25.4. The minimum atomic E-state index is -3.70. The number of anilines is 1. The van der Waals surface area contributed by atoms with Crippen LogP contribution in [0.5, 0.6) is 17.2 Å². The predicted octanol–water partition coefficient (Wildman–Crippen LogP) is 4.27. The number of aliphatic hydroxyl groups excluding tert-OH is 1. The van der Waals surface area contributed by atoms with Gasteiger partial charge in [-0.2, -0.15) is 8.78 Å². The van der Waals surface area contributed by atoms with Crippen molar-refractivity contribution in [2.45, 2.75) is 38.3 Å². The molecule has 2 aliphatic heterocycles. The molecule has 3 heterocycles. The fourth-order valence-corrected chi connectivity index (χ4v) is 4.38. The van der Waals surface area contributed by atoms with Crippen LogP contribution in [0.2, 0.25) is 0 Å². The zero-order valence-electron chi connectivity index (χ0n) is 19.8. The van der Waals surface area contributed by atoms with Crippen molar-refractivity contribution >= 4 is 16.7 Å². The monoisotopic (exact) mass is 505 g/mol. The standard InChI is InChI=1S/C25H26F3N3O5/c1-13(16-4-3-5-18(20(16)26)25(27,28)12-32)29-24-17-10-19(36-15-6-7-33-11-15)22-23(35-9-8-34-22)21(17)30-14(2)31-24/h3-5,10,13,15,32H,6-9,11-12H2,1-2H3,(H,29,30,31)/t13-,15?/m1/s1. The number of aromatic nitrogens is 2. The third-order valence-corrected chi connectivity index (χ3v) is 6.18. The number of nitrogens with one attached hydrogen (secondary N) is 1. The lowest BCUT2D eigenvalue weighted by Crippen LogP contribution is -2.22. The van der Waals surface area contributed by atoms with Gasteiger partial charge in [-0.05, 0) is 26.0 Å². The van der Waals surface area contributed by atoms with Crippen LogP contribution in [0.4, 0.5) is 19.0 Å². The van der Waals surface area contributed by atoms with Gasteiger partial charge in [-0.15, -0.1) is 0 Å². The highest BCUT2D eigenvalue weighted by molar-refractivity contribution is 5.97. The van der Waals surface area contributed by atoms with Gasteiger partial charge in [0.2, 0.25) is 5.75 Å². The highest BCUT2D eigenvalue weighted by atomic mass is 19.3. The molecule has 0 spiro atoms. The molecule has 0 saturated carbocycles. The molecule has 192 valence electrons. The van der Waals surface area contributed by atoms with E-state index < -0.39 is 30.0 Å². The van der Waals surface area contributed by atoms with Gasteiger partial charge in [0.1, 0.15) is 48.9 Å². The van der Waals surface area contributed by atoms with Crippen LogP contribution in [-0.2, 0) is 10.7 Å². The average molecular weight is 505 g/mol. The number of hydrogen-bond acceptors (Lipinski definition) is 8. The summed E-state index contributed by atoms with van der Waals surface area (Å²) in [7, 11) is 0. The van der Waals surface area contributed by atoms with Gasteiger partial charge in [-0.1, -0.05) is 12.1 Å². The summed E-state index contributed by atoms with van der Waals surface area (Å²) < 4.78 is 66.6. The van der Waals surface area contributed by atoms with Crippen LogP contribution >= 0.6 is 0 Å². The highest BCUT2D eigenvalue weighted by Gasteiger charge is 2.35. The summed E-state index contributed by atoms with van der Waals surface area (Å²) in [5.41, 5.74) is -0.376. The Morgan fingerprint density at radius 1 is 1.19 bits per heavy atom. The Hall–Kier alpha value is -3.31. The Bertz CT molecular complexity index is 1280. The molecule has 2 N–H and O–H groups in total. The lowest BCUT2D eigenvalue weighted by atomic mass is 10.00. The molecule has 8 nitrogen and oxygen atoms in total. The topological polar surface area (TPSA) is 95.0 Å². The molecule has 1 aromatic heterocycles. The van der Waals surface area contributed by atoms with Gasteiger partial charge in [0.05, 0.1) is 30.2 Å². The fourth-order valence-electron chi connectivity index (χ4n) is 4.38. The number of alkyl halides is 2. The van der Waals surface area contributed by atoms with Crippen LogP contribution < -0.4 is 19.5 Å². The van der Waals surface area contributed by atoms with E-state index in [1.807, 2.05) is 0 Å². The Balaban J connectivity index is 1.57. The summed E-state index contributed by atoms with van der Waals surface area (Å²) in [6, 6.07) is 4.69. The molecule has 3 aromatic rings. The number of halogens is 3. The van der Waals surface area contributed by atoms with E-state index in [9.17, 15) is 8.78 Å². The molecule has 2 aliphatic rings. The maximum atomic E-state index is 15.1. The second-order valence-corrected chi connectivity index (χ2v) is 8.79. The van der Waals surface area contributed by atoms with Crippen LogP contribution in [-0.4, -0.2) is 54.2 Å². The van der Waals surface area contributed by atoms with Crippen LogP contribution in [0.1, 0.15) is 36.3 Å². The summed E-state index contributed by atoms with van der Waals surface area (Å²) in [5.74, 6) is -2.70. The molecule has 0 bridgehead atoms. The van der Waals surface area contributed by atoms with Crippen molar-refractivity contribution in [3.63, 3.8) is 0 Å². The number of aryl methyl sites for hydroxylation is 1. The molecule has 1 saturated heterocycles. The van der Waals surface area contributed by atoms with Gasteiger partial charge in [-0.3, -0.25) is 0 Å². The van der Waals surface area contributed by atoms with Gasteiger partial charge in [0.25, 0.3) is 5.92 Å². The summed E-state index contributed by atoms with van der Waals surface area (Å²) >= 11 is 0. The number of fused-ring (bicyclic) bond motifs is 3. The van der Waals surface area contributed by atoms with Gasteiger partial charge in [-0.25, -0.2) is 14.4 Å². The lowest BCUT2D eigenvalue weighted by molar-refractivity contribution is -0.0583. The SMILES string of the molecule is Cc1nc(N[C@H](C)c2cccc(C(F)(F)CO)c2F)c2cc(OC3CCOC3)c3c(c2n1)OCCO3. The molecular weight excluding hydrogens is 479 g/mol. The number of rotatable bonds is 7. The Labute approximate surface area is 205 Å². The van der Waals surface area contributed by atoms with E-state index in [0.29, 0.717) is 66.2 Å². The largest absolute Gasteiger partial charge is 0.484 e. The summed E-state index contributed by atoms with van der Waals surface area (Å²) in [4.78, 5) is 9.04. The van der Waals surface area contributed by atoms with Crippen molar-refractivity contribution in [2.75, 3.05) is 38.4 Å². The van der Waals surface area contributed by atoms with Crippen LogP contribution in [0.3, 0.4) is 0 Å². The highest BCUT2D eigenvalue weighted by Crippen LogP contribution is 2.47. The lowest BCUT2D eigenvalue weighted by Gasteiger charge is -2.25. The molecule has 2 aromatic carbocycles. The number of ether oxygens (including phenoxy) is 4. The van der Waals surface area contributed by atoms with E-state index in [2.05, 4.69) is 15.3 Å². The summed E-state index contributed by atoms with van der Waals surface area (Å²) in [6.45, 7) is 3.59. The van der Waals surface area contributed by atoms with E-state index in [-0.39, 0.29) is 11.7 Å². The fraction of sp³-hybridized carbons (Fsp3) is 0.440. The van der Waals surface area contributed by atoms with E-state index in [1.165, 1.54) is 12.1 Å². The summed E-state index contributed by atoms with van der Waals surface area (Å²) in [5, 5.41) is 12.7. The van der Waals surface area contributed by atoms with Crippen LogP contribution in [0.25, 0.3) is 10.9 Å². The van der Waals surface area contributed by atoms with Crippen molar-refractivity contribution in [1.29, 1.82) is 0 Å². The van der Waals surface area contributed by atoms with Gasteiger partial charge in [0, 0.05) is 12.0 Å². The molecule has 2 atom stereocenters. The first kappa shape index (κ1) is 24.4. The quantitative estimate of drug-likeness (QED) is 0.492. The number of aliphatic hydroxyl groups is 1. The predicted molar refractivity (Wildman–Crippen MR) is 125 cm³/mol. The first-order valence-corrected chi connectivity index (χ1v) is 11.7. The van der Waals surface area contributed by atoms with Crippen molar-refractivity contribution in [1.82, 2.24) is 9.97 Å². The minimum absolute atomic E-state index is 0.00200. The van der Waals surface area contributed by atoms with E-state index in [0.717, 1.165) is 12.5 Å². The van der Waals surface area contributed by atoms with E-state index in [4.69, 9.17) is 24.1 Å². The molecule has 1 unspecified atom stereocenters. The number of benzene rings is 2. The van der Waals surface area contributed by atoms with Crippen molar-refractivity contribution in [3.8, 4) is 17.2 Å². The maximum Gasteiger partial charge on any atom is 0.298 e. The van der Waals surface area contributed by atoms with Crippen LogP contribution in [0.15, 0.2) is 24.3 Å². The zero-order valence-corrected chi connectivity index (χ0v) is 19.8. The van der Waals surface area contributed by atoms with Crippen molar-refractivity contribution in [3.05, 3.63) is 47.0 Å². The van der Waals surface area contributed by atoms with E-state index in [1.54, 1.807) is 19.9 Å². The molecule has 11 heteroatoms. The second-order valence-electron chi connectivity index (χ2n) is 8.79. The first-order chi connectivity index (χ1) is 17.3. The van der Waals surface area contributed by atoms with Crippen molar-refractivity contribution < 1.29 is 37.2 Å². The molecule has 36 heavy (non-hydrogen) atoms. The third-order valence-electron chi connectivity index (χ3n) is 6.18. The molecular formula is C25H26F3N3O5. The summed E-state index contributed by atoms with van der Waals surface area (Å²) in [6.07, 6.45) is 0.581. The molecule has 5 rings (SSSR count). The molecule has 0 amide bonds. The van der Waals surface area contributed by atoms with Crippen molar-refractivity contribution in [2.24, 2.45) is 0 Å². The van der Waals surface area contributed by atoms with E-state index >= 15 is 4.39 Å². The molecule has 0 aliphatic carbocycles. The normalized spacial score (nSPS) is 18.3. The third kappa shape index (κ3) is 4.48. The van der Waals surface area contributed by atoms with Gasteiger partial charge >= 0.3 is 0 Å². The number of hydrogen-bond donors (Lipinski definition) is 2. The Morgan fingerprint density at radius 3 is 2.69 bits per heavy atom. The van der Waals surface area contributed by atoms with Crippen LogP contribution in [0, 0.1) is 12.7 Å². The maximum absolute atomic E-state index is 15.1. The second kappa shape index (κ2) is 9.62. The minimum Gasteiger partial charge on any atom is -0.484 e. The first-order valence-electron chi connectivity index (χ1n) is 11.7. The number of nitrogens with zero attached hydrogens (tertiary/aromatic N) is 2. The smallest absolute Gasteiger partial charge is 0.298 e. The van der Waals surface area contributed by atoms with Gasteiger partial charge < -0.3 is 29.4 Å². The molecule has 1 fully saturated rings. The molecule has 0 radical (unpaired) electrons.